The summed E-state index contributed by atoms with van der Waals surface area (Å²) in [6.07, 6.45) is -0.632. The molecule has 0 aliphatic carbocycles. The lowest BCUT2D eigenvalue weighted by Gasteiger charge is -2.16. The highest BCUT2D eigenvalue weighted by atomic mass is 32.2. The molecule has 0 bridgehead atoms. The van der Waals surface area contributed by atoms with Crippen molar-refractivity contribution in [2.45, 2.75) is 52.4 Å². The van der Waals surface area contributed by atoms with E-state index in [4.69, 9.17) is 14.0 Å². The predicted octanol–water partition coefficient (Wildman–Crippen LogP) is 1.65. The third kappa shape index (κ3) is 6.30. The molecule has 3 rings (SSSR count). The number of aryl methyl sites for hydroxylation is 2. The maximum absolute atomic E-state index is 12.2. The van der Waals surface area contributed by atoms with Crippen molar-refractivity contribution in [2.24, 2.45) is 0 Å². The van der Waals surface area contributed by atoms with Crippen LogP contribution in [-0.2, 0) is 37.2 Å². The maximum atomic E-state index is 12.2. The zero-order valence-electron chi connectivity index (χ0n) is 17.7. The van der Waals surface area contributed by atoms with Gasteiger partial charge in [-0.3, -0.25) is 9.59 Å². The second-order valence-corrected chi connectivity index (χ2v) is 9.88. The third-order valence-corrected chi connectivity index (χ3v) is 6.86. The van der Waals surface area contributed by atoms with E-state index in [0.29, 0.717) is 30.1 Å². The van der Waals surface area contributed by atoms with Gasteiger partial charge in [0.2, 0.25) is 0 Å². The summed E-state index contributed by atoms with van der Waals surface area (Å²) in [7, 11) is -3.10. The lowest BCUT2D eigenvalue weighted by atomic mass is 10.1. The highest BCUT2D eigenvalue weighted by molar-refractivity contribution is 7.91. The quantitative estimate of drug-likeness (QED) is 0.602. The fraction of sp³-hybridized carbons (Fsp3) is 0.476. The fourth-order valence-corrected chi connectivity index (χ4v) is 4.93. The molecular weight excluding hydrogens is 424 g/mol. The van der Waals surface area contributed by atoms with Gasteiger partial charge >= 0.3 is 5.97 Å². The number of sulfone groups is 1. The molecule has 1 saturated heterocycles. The van der Waals surface area contributed by atoms with Gasteiger partial charge < -0.3 is 19.3 Å². The van der Waals surface area contributed by atoms with E-state index in [-0.39, 0.29) is 17.9 Å². The number of benzene rings is 1. The minimum absolute atomic E-state index is 0.000422. The molecule has 168 valence electrons. The second-order valence-electron chi connectivity index (χ2n) is 7.65. The Bertz CT molecular complexity index is 1020. The Kier molecular flexibility index (Phi) is 6.99. The van der Waals surface area contributed by atoms with Crippen molar-refractivity contribution in [3.63, 3.8) is 0 Å². The lowest BCUT2D eigenvalue weighted by Crippen LogP contribution is -2.42. The van der Waals surface area contributed by atoms with Crippen LogP contribution in [0.2, 0.25) is 0 Å². The maximum Gasteiger partial charge on any atom is 0.311 e. The zero-order valence-corrected chi connectivity index (χ0v) is 18.5. The number of esters is 1. The Morgan fingerprint density at radius 2 is 1.97 bits per heavy atom. The molecule has 0 saturated carbocycles. The minimum atomic E-state index is -3.10. The van der Waals surface area contributed by atoms with Crippen LogP contribution in [0.1, 0.15) is 35.9 Å². The van der Waals surface area contributed by atoms with Crippen molar-refractivity contribution in [1.82, 2.24) is 10.5 Å². The van der Waals surface area contributed by atoms with Crippen molar-refractivity contribution in [3.05, 3.63) is 46.8 Å². The number of ether oxygens (including phenoxy) is 2. The molecule has 1 amide bonds. The normalized spacial score (nSPS) is 18.4. The molecule has 0 unspecified atom stereocenters. The van der Waals surface area contributed by atoms with Crippen LogP contribution in [0.25, 0.3) is 0 Å². The Labute approximate surface area is 181 Å². The number of amides is 1. The smallest absolute Gasteiger partial charge is 0.311 e. The Morgan fingerprint density at radius 1 is 1.26 bits per heavy atom. The van der Waals surface area contributed by atoms with E-state index in [0.717, 1.165) is 11.3 Å². The summed E-state index contributed by atoms with van der Waals surface area (Å²) >= 11 is 0. The summed E-state index contributed by atoms with van der Waals surface area (Å²) in [5.41, 5.74) is 2.39. The first-order valence-electron chi connectivity index (χ1n) is 9.97. The van der Waals surface area contributed by atoms with Crippen molar-refractivity contribution in [1.29, 1.82) is 0 Å². The first-order chi connectivity index (χ1) is 14.6. The molecule has 1 aromatic heterocycles. The average molecular weight is 451 g/mol. The first-order valence-corrected chi connectivity index (χ1v) is 11.8. The van der Waals surface area contributed by atoms with Crippen LogP contribution in [0.15, 0.2) is 28.8 Å². The van der Waals surface area contributed by atoms with Crippen LogP contribution in [0.3, 0.4) is 0 Å². The van der Waals surface area contributed by atoms with Crippen molar-refractivity contribution in [2.75, 3.05) is 11.5 Å². The van der Waals surface area contributed by atoms with Crippen molar-refractivity contribution < 1.29 is 32.0 Å². The summed E-state index contributed by atoms with van der Waals surface area (Å²) in [6.45, 7) is 5.46. The third-order valence-electron chi connectivity index (χ3n) is 5.09. The van der Waals surface area contributed by atoms with Crippen LogP contribution in [-0.4, -0.2) is 49.1 Å². The van der Waals surface area contributed by atoms with Gasteiger partial charge in [-0.25, -0.2) is 8.42 Å². The monoisotopic (exact) mass is 450 g/mol. The summed E-state index contributed by atoms with van der Waals surface area (Å²) in [5.74, 6) is 0.277. The van der Waals surface area contributed by atoms with Crippen molar-refractivity contribution in [3.8, 4) is 5.75 Å². The molecule has 31 heavy (non-hydrogen) atoms. The summed E-state index contributed by atoms with van der Waals surface area (Å²) in [6, 6.07) is 6.56. The van der Waals surface area contributed by atoms with Gasteiger partial charge in [0, 0.05) is 6.04 Å². The van der Waals surface area contributed by atoms with E-state index in [9.17, 15) is 18.0 Å². The SMILES string of the molecule is Cc1noc(C)c1COc1ccc(CC(=O)O[C@H](C)C(=O)N[C@@H]2CCS(=O)(=O)C2)cc1. The fourth-order valence-electron chi connectivity index (χ4n) is 3.25. The molecule has 2 atom stereocenters. The van der Waals surface area contributed by atoms with Gasteiger partial charge in [-0.05, 0) is 44.9 Å². The molecule has 1 N–H and O–H groups in total. The molecule has 9 nitrogen and oxygen atoms in total. The Balaban J connectivity index is 1.45. The van der Waals surface area contributed by atoms with Gasteiger partial charge in [0.1, 0.15) is 18.1 Å². The number of rotatable bonds is 8. The highest BCUT2D eigenvalue weighted by Crippen LogP contribution is 2.18. The molecule has 0 spiro atoms. The zero-order chi connectivity index (χ0) is 22.6. The molecule has 1 aromatic carbocycles. The van der Waals surface area contributed by atoms with Crippen LogP contribution in [0.4, 0.5) is 0 Å². The Morgan fingerprint density at radius 3 is 2.55 bits per heavy atom. The molecule has 1 aliphatic heterocycles. The Hall–Kier alpha value is -2.88. The predicted molar refractivity (Wildman–Crippen MR) is 111 cm³/mol. The topological polar surface area (TPSA) is 125 Å². The van der Waals surface area contributed by atoms with Crippen LogP contribution in [0.5, 0.6) is 5.75 Å². The number of carbonyl (C=O) groups excluding carboxylic acids is 2. The molecule has 2 heterocycles. The summed E-state index contributed by atoms with van der Waals surface area (Å²) in [5, 5.41) is 6.51. The summed E-state index contributed by atoms with van der Waals surface area (Å²) in [4.78, 5) is 24.3. The molecule has 2 aromatic rings. The van der Waals surface area contributed by atoms with Gasteiger partial charge in [-0.1, -0.05) is 17.3 Å². The van der Waals surface area contributed by atoms with Gasteiger partial charge in [0.15, 0.2) is 15.9 Å². The largest absolute Gasteiger partial charge is 0.489 e. The first kappa shape index (κ1) is 22.8. The second kappa shape index (κ2) is 9.51. The average Bonchev–Trinajstić information content (AvgIpc) is 3.21. The van der Waals surface area contributed by atoms with Crippen LogP contribution < -0.4 is 10.1 Å². The van der Waals surface area contributed by atoms with E-state index in [1.807, 2.05) is 13.8 Å². The molecule has 10 heteroatoms. The number of hydrogen-bond donors (Lipinski definition) is 1. The molecule has 1 aliphatic rings. The van der Waals surface area contributed by atoms with Gasteiger partial charge in [0.25, 0.3) is 5.91 Å². The standard InChI is InChI=1S/C21H26N2O7S/c1-13-19(14(2)30-23-13)11-28-18-6-4-16(5-7-18)10-20(24)29-15(3)21(25)22-17-8-9-31(26,27)12-17/h4-7,15,17H,8-12H2,1-3H3,(H,22,25)/t15-,17-/m1/s1. The number of hydrogen-bond acceptors (Lipinski definition) is 8. The lowest BCUT2D eigenvalue weighted by molar-refractivity contribution is -0.154. The van der Waals surface area contributed by atoms with Crippen LogP contribution >= 0.6 is 0 Å². The summed E-state index contributed by atoms with van der Waals surface area (Å²) < 4.78 is 39.0. The van der Waals surface area contributed by atoms with Crippen molar-refractivity contribution >= 4 is 21.7 Å². The molecule has 0 radical (unpaired) electrons. The number of aromatic nitrogens is 1. The molecule has 1 fully saturated rings. The van der Waals surface area contributed by atoms with Crippen LogP contribution in [0, 0.1) is 13.8 Å². The van der Waals surface area contributed by atoms with E-state index in [1.165, 1.54) is 6.92 Å². The van der Waals surface area contributed by atoms with E-state index in [2.05, 4.69) is 10.5 Å². The highest BCUT2D eigenvalue weighted by Gasteiger charge is 2.30. The minimum Gasteiger partial charge on any atom is -0.489 e. The van der Waals surface area contributed by atoms with E-state index >= 15 is 0 Å². The number of nitrogens with one attached hydrogen (secondary N) is 1. The van der Waals surface area contributed by atoms with E-state index < -0.39 is 33.9 Å². The van der Waals surface area contributed by atoms with E-state index in [1.54, 1.807) is 24.3 Å². The molecular formula is C21H26N2O7S. The van der Waals surface area contributed by atoms with Gasteiger partial charge in [-0.15, -0.1) is 0 Å². The number of nitrogens with zero attached hydrogens (tertiary/aromatic N) is 1. The van der Waals surface area contributed by atoms with Gasteiger partial charge in [0.05, 0.1) is 29.2 Å². The number of carbonyl (C=O) groups is 2. The van der Waals surface area contributed by atoms with Gasteiger partial charge in [-0.2, -0.15) is 0 Å².